The molecule has 1 aromatic carbocycles. The first kappa shape index (κ1) is 13.9. The minimum atomic E-state index is -0.249. The van der Waals surface area contributed by atoms with Gasteiger partial charge in [0.1, 0.15) is 5.82 Å². The maximum atomic E-state index is 13.3. The van der Waals surface area contributed by atoms with Crippen LogP contribution in [0.3, 0.4) is 0 Å². The van der Waals surface area contributed by atoms with E-state index in [1.54, 1.807) is 6.07 Å². The van der Waals surface area contributed by atoms with Crippen LogP contribution in [0.1, 0.15) is 35.4 Å². The van der Waals surface area contributed by atoms with Gasteiger partial charge < -0.3 is 5.32 Å². The van der Waals surface area contributed by atoms with Crippen molar-refractivity contribution in [1.82, 2.24) is 10.2 Å². The Bertz CT molecular complexity index is 789. The van der Waals surface area contributed by atoms with Gasteiger partial charge in [0.15, 0.2) is 0 Å². The van der Waals surface area contributed by atoms with E-state index in [1.807, 2.05) is 6.07 Å². The molecule has 1 saturated carbocycles. The molecule has 6 rings (SSSR count). The third-order valence-electron chi connectivity index (χ3n) is 5.97. The Morgan fingerprint density at radius 2 is 2.04 bits per heavy atom. The van der Waals surface area contributed by atoms with Crippen LogP contribution in [0.5, 0.6) is 0 Å². The lowest BCUT2D eigenvalue weighted by atomic mass is 9.77. The lowest BCUT2D eigenvalue weighted by Gasteiger charge is -2.52. The van der Waals surface area contributed by atoms with Crippen molar-refractivity contribution in [3.8, 4) is 0 Å². The van der Waals surface area contributed by atoms with Crippen LogP contribution < -0.4 is 5.32 Å². The van der Waals surface area contributed by atoms with Gasteiger partial charge in [0.05, 0.1) is 10.9 Å². The standard InChI is InChI=1S/C18H19FN2OS/c19-13-2-1-12-9-15(23-14(12)10-13)17(22)20-16-11-3-7-21(8-4-11)18(16)5-6-18/h1-2,9-11,16H,3-8H2,(H,20,22)/t16-/m0/s1. The predicted octanol–water partition coefficient (Wildman–Crippen LogP) is 3.40. The number of nitrogens with zero attached hydrogens (tertiary/aromatic N) is 1. The second-order valence-electron chi connectivity index (χ2n) is 7.17. The Morgan fingerprint density at radius 3 is 2.78 bits per heavy atom. The summed E-state index contributed by atoms with van der Waals surface area (Å²) in [4.78, 5) is 16.0. The molecule has 23 heavy (non-hydrogen) atoms. The van der Waals surface area contributed by atoms with Gasteiger partial charge in [-0.05, 0) is 68.3 Å². The van der Waals surface area contributed by atoms with E-state index in [9.17, 15) is 9.18 Å². The van der Waals surface area contributed by atoms with Crippen LogP contribution in [0.2, 0.25) is 0 Å². The summed E-state index contributed by atoms with van der Waals surface area (Å²) < 4.78 is 14.2. The van der Waals surface area contributed by atoms with Crippen molar-refractivity contribution in [2.75, 3.05) is 13.1 Å². The van der Waals surface area contributed by atoms with Crippen molar-refractivity contribution < 1.29 is 9.18 Å². The van der Waals surface area contributed by atoms with Crippen molar-refractivity contribution in [2.24, 2.45) is 5.92 Å². The maximum Gasteiger partial charge on any atom is 0.261 e. The Hall–Kier alpha value is -1.46. The number of nitrogens with one attached hydrogen (secondary N) is 1. The number of fused-ring (bicyclic) bond motifs is 3. The lowest BCUT2D eigenvalue weighted by molar-refractivity contribution is -0.00138. The number of carbonyl (C=O) groups is 1. The molecule has 3 saturated heterocycles. The molecule has 2 aromatic rings. The average molecular weight is 330 g/mol. The van der Waals surface area contributed by atoms with Crippen molar-refractivity contribution in [3.63, 3.8) is 0 Å². The second-order valence-corrected chi connectivity index (χ2v) is 8.26. The number of rotatable bonds is 2. The summed E-state index contributed by atoms with van der Waals surface area (Å²) in [5, 5.41) is 4.27. The van der Waals surface area contributed by atoms with Crippen LogP contribution in [-0.4, -0.2) is 35.5 Å². The first-order valence-electron chi connectivity index (χ1n) is 8.41. The van der Waals surface area contributed by atoms with Crippen LogP contribution in [-0.2, 0) is 0 Å². The molecule has 1 spiro atoms. The van der Waals surface area contributed by atoms with Gasteiger partial charge in [-0.1, -0.05) is 6.07 Å². The normalized spacial score (nSPS) is 30.7. The molecule has 1 aliphatic carbocycles. The van der Waals surface area contributed by atoms with Gasteiger partial charge in [-0.3, -0.25) is 9.69 Å². The number of thiophene rings is 1. The zero-order valence-corrected chi connectivity index (χ0v) is 13.7. The molecular weight excluding hydrogens is 311 g/mol. The van der Waals surface area contributed by atoms with E-state index in [4.69, 9.17) is 0 Å². The number of hydrogen-bond acceptors (Lipinski definition) is 3. The van der Waals surface area contributed by atoms with E-state index in [0.717, 1.165) is 10.1 Å². The third kappa shape index (κ3) is 2.06. The van der Waals surface area contributed by atoms with Crippen LogP contribution in [0, 0.1) is 11.7 Å². The minimum Gasteiger partial charge on any atom is -0.346 e. The number of halogens is 1. The highest BCUT2D eigenvalue weighted by Gasteiger charge is 2.60. The third-order valence-corrected chi connectivity index (χ3v) is 7.07. The van der Waals surface area contributed by atoms with Crippen LogP contribution in [0.25, 0.3) is 10.1 Å². The number of carbonyl (C=O) groups excluding carboxylic acids is 1. The van der Waals surface area contributed by atoms with E-state index in [0.29, 0.717) is 16.8 Å². The summed E-state index contributed by atoms with van der Waals surface area (Å²) >= 11 is 1.38. The van der Waals surface area contributed by atoms with E-state index in [-0.39, 0.29) is 17.3 Å². The molecule has 5 heteroatoms. The summed E-state index contributed by atoms with van der Waals surface area (Å²) in [6.07, 6.45) is 4.83. The molecular formula is C18H19FN2OS. The molecule has 0 unspecified atom stereocenters. The van der Waals surface area contributed by atoms with E-state index in [1.165, 1.54) is 62.2 Å². The fraction of sp³-hybridized carbons (Fsp3) is 0.500. The van der Waals surface area contributed by atoms with Crippen molar-refractivity contribution in [1.29, 1.82) is 0 Å². The maximum absolute atomic E-state index is 13.3. The molecule has 1 N–H and O–H groups in total. The number of piperidine rings is 3. The molecule has 0 radical (unpaired) electrons. The highest BCUT2D eigenvalue weighted by Crippen LogP contribution is 2.53. The molecule has 4 heterocycles. The van der Waals surface area contributed by atoms with Gasteiger partial charge in [-0.15, -0.1) is 11.3 Å². The fourth-order valence-corrected chi connectivity index (χ4v) is 5.64. The summed E-state index contributed by atoms with van der Waals surface area (Å²) in [5.74, 6) is 0.385. The van der Waals surface area contributed by atoms with Crippen LogP contribution >= 0.6 is 11.3 Å². The molecule has 1 aromatic heterocycles. The van der Waals surface area contributed by atoms with Crippen molar-refractivity contribution >= 4 is 27.3 Å². The molecule has 4 fully saturated rings. The van der Waals surface area contributed by atoms with Gasteiger partial charge in [0.2, 0.25) is 0 Å². The Kier molecular flexibility index (Phi) is 2.89. The monoisotopic (exact) mass is 330 g/mol. The predicted molar refractivity (Wildman–Crippen MR) is 89.3 cm³/mol. The summed E-state index contributed by atoms with van der Waals surface area (Å²) in [7, 11) is 0. The van der Waals surface area contributed by atoms with Crippen LogP contribution in [0.15, 0.2) is 24.3 Å². The van der Waals surface area contributed by atoms with Gasteiger partial charge in [-0.25, -0.2) is 4.39 Å². The topological polar surface area (TPSA) is 32.3 Å². The smallest absolute Gasteiger partial charge is 0.261 e. The average Bonchev–Trinajstić information content (AvgIpc) is 3.22. The number of benzene rings is 1. The molecule has 1 atom stereocenters. The fourth-order valence-electron chi connectivity index (χ4n) is 4.65. The largest absolute Gasteiger partial charge is 0.346 e. The van der Waals surface area contributed by atoms with E-state index in [2.05, 4.69) is 10.2 Å². The minimum absolute atomic E-state index is 0.0108. The Morgan fingerprint density at radius 1 is 1.26 bits per heavy atom. The van der Waals surface area contributed by atoms with E-state index >= 15 is 0 Å². The SMILES string of the molecule is O=C(N[C@H]1C2CCN(CC2)C12CC2)c1cc2ccc(F)cc2s1. The first-order chi connectivity index (χ1) is 11.2. The Balaban J connectivity index is 1.42. The van der Waals surface area contributed by atoms with Gasteiger partial charge >= 0.3 is 0 Å². The van der Waals surface area contributed by atoms with E-state index < -0.39 is 0 Å². The molecule has 1 amide bonds. The van der Waals surface area contributed by atoms with Gasteiger partial charge in [0.25, 0.3) is 5.91 Å². The molecule has 3 nitrogen and oxygen atoms in total. The highest BCUT2D eigenvalue weighted by atomic mass is 32.1. The summed E-state index contributed by atoms with van der Waals surface area (Å²) in [6.45, 7) is 2.39. The molecule has 120 valence electrons. The number of amides is 1. The second kappa shape index (κ2) is 4.77. The Labute approximate surface area is 138 Å². The van der Waals surface area contributed by atoms with Crippen molar-refractivity contribution in [2.45, 2.75) is 37.3 Å². The van der Waals surface area contributed by atoms with Crippen molar-refractivity contribution in [3.05, 3.63) is 35.0 Å². The molecule has 4 aliphatic rings. The summed E-state index contributed by atoms with van der Waals surface area (Å²) in [5.41, 5.74) is 0.250. The highest BCUT2D eigenvalue weighted by molar-refractivity contribution is 7.20. The lowest BCUT2D eigenvalue weighted by Crippen LogP contribution is -2.65. The van der Waals surface area contributed by atoms with Gasteiger partial charge in [0, 0.05) is 10.2 Å². The number of hydrogen-bond donors (Lipinski definition) is 1. The van der Waals surface area contributed by atoms with Gasteiger partial charge in [-0.2, -0.15) is 0 Å². The quantitative estimate of drug-likeness (QED) is 0.915. The zero-order valence-electron chi connectivity index (χ0n) is 12.8. The molecule has 3 aliphatic heterocycles. The van der Waals surface area contributed by atoms with Crippen LogP contribution in [0.4, 0.5) is 4.39 Å². The molecule has 2 bridgehead atoms. The summed E-state index contributed by atoms with van der Waals surface area (Å²) in [6, 6.07) is 6.88. The first-order valence-corrected chi connectivity index (χ1v) is 9.22. The zero-order chi connectivity index (χ0) is 15.6.